The van der Waals surface area contributed by atoms with Crippen LogP contribution >= 0.6 is 23.1 Å². The summed E-state index contributed by atoms with van der Waals surface area (Å²) < 4.78 is 10.4. The lowest BCUT2D eigenvalue weighted by molar-refractivity contribution is -0.148. The van der Waals surface area contributed by atoms with Crippen molar-refractivity contribution in [2.75, 3.05) is 12.4 Å². The lowest BCUT2D eigenvalue weighted by Crippen LogP contribution is -2.43. The molecule has 1 aliphatic rings. The molecule has 2 unspecified atom stereocenters. The Balaban J connectivity index is 1.87. The lowest BCUT2D eigenvalue weighted by Gasteiger charge is -2.27. The number of ether oxygens (including phenoxy) is 1. The van der Waals surface area contributed by atoms with Gasteiger partial charge in [0.1, 0.15) is 11.4 Å². The summed E-state index contributed by atoms with van der Waals surface area (Å²) in [5, 5.41) is 1.62. The summed E-state index contributed by atoms with van der Waals surface area (Å²) in [5.74, 6) is 0.0417. The smallest absolute Gasteiger partial charge is 0.329 e. The van der Waals surface area contributed by atoms with Crippen LogP contribution in [0, 0.1) is 0 Å². The largest absolute Gasteiger partial charge is 0.472 e. The zero-order valence-corrected chi connectivity index (χ0v) is 14.3. The predicted octanol–water partition coefficient (Wildman–Crippen LogP) is 3.55. The average molecular weight is 351 g/mol. The Kier molecular flexibility index (Phi) is 5.07. The highest BCUT2D eigenvalue weighted by molar-refractivity contribution is 7.99. The molecule has 0 N–H and O–H groups in total. The molecule has 1 fully saturated rings. The first-order chi connectivity index (χ1) is 11.2. The van der Waals surface area contributed by atoms with Crippen LogP contribution in [0.2, 0.25) is 0 Å². The average Bonchev–Trinajstić information content (AvgIpc) is 3.32. The van der Waals surface area contributed by atoms with E-state index >= 15 is 0 Å². The molecule has 0 saturated carbocycles. The molecule has 2 aromatic rings. The van der Waals surface area contributed by atoms with Crippen LogP contribution in [0.1, 0.15) is 34.0 Å². The Morgan fingerprint density at radius 1 is 1.43 bits per heavy atom. The van der Waals surface area contributed by atoms with Gasteiger partial charge in [-0.25, -0.2) is 4.79 Å². The molecule has 2 aromatic heterocycles. The van der Waals surface area contributed by atoms with Crippen molar-refractivity contribution in [3.8, 4) is 0 Å². The number of esters is 1. The fourth-order valence-corrected chi connectivity index (χ4v) is 4.49. The summed E-state index contributed by atoms with van der Waals surface area (Å²) in [4.78, 5) is 27.5. The van der Waals surface area contributed by atoms with E-state index in [9.17, 15) is 9.59 Å². The highest BCUT2D eigenvalue weighted by Gasteiger charge is 2.44. The molecular weight excluding hydrogens is 334 g/mol. The molecule has 122 valence electrons. The molecule has 3 heterocycles. The van der Waals surface area contributed by atoms with Crippen LogP contribution in [-0.4, -0.2) is 35.2 Å². The van der Waals surface area contributed by atoms with Crippen molar-refractivity contribution in [1.82, 2.24) is 4.90 Å². The number of thioether (sulfide) groups is 1. The molecule has 0 spiro atoms. The summed E-state index contributed by atoms with van der Waals surface area (Å²) in [6.45, 7) is 2.32. The zero-order valence-electron chi connectivity index (χ0n) is 12.6. The zero-order chi connectivity index (χ0) is 16.2. The molecule has 2 atom stereocenters. The Morgan fingerprint density at radius 3 is 2.96 bits per heavy atom. The van der Waals surface area contributed by atoms with Gasteiger partial charge in [-0.05, 0) is 23.9 Å². The van der Waals surface area contributed by atoms with Crippen LogP contribution in [0.15, 0.2) is 40.5 Å². The quantitative estimate of drug-likeness (QED) is 0.771. The molecule has 7 heteroatoms. The summed E-state index contributed by atoms with van der Waals surface area (Å²) >= 11 is 2.93. The van der Waals surface area contributed by atoms with E-state index in [-0.39, 0.29) is 17.3 Å². The van der Waals surface area contributed by atoms with E-state index < -0.39 is 6.04 Å². The van der Waals surface area contributed by atoms with E-state index in [4.69, 9.17) is 9.15 Å². The van der Waals surface area contributed by atoms with Crippen LogP contribution in [0.3, 0.4) is 0 Å². The maximum atomic E-state index is 12.9. The number of thiophene rings is 1. The fraction of sp³-hybridized carbons (Fsp3) is 0.375. The topological polar surface area (TPSA) is 59.8 Å². The summed E-state index contributed by atoms with van der Waals surface area (Å²) in [5.41, 5.74) is 0.880. The predicted molar refractivity (Wildman–Crippen MR) is 89.4 cm³/mol. The number of furan rings is 1. The van der Waals surface area contributed by atoms with Crippen molar-refractivity contribution in [3.63, 3.8) is 0 Å². The minimum Gasteiger partial charge on any atom is -0.472 e. The normalized spacial score (nSPS) is 20.7. The molecule has 1 amide bonds. The van der Waals surface area contributed by atoms with Crippen LogP contribution in [0.25, 0.3) is 0 Å². The first-order valence-corrected chi connectivity index (χ1v) is 9.31. The number of carbonyl (C=O) groups is 2. The van der Waals surface area contributed by atoms with Gasteiger partial charge in [0.05, 0.1) is 24.0 Å². The number of hydrogen-bond acceptors (Lipinski definition) is 6. The molecule has 0 aromatic carbocycles. The lowest BCUT2D eigenvalue weighted by atomic mass is 10.2. The van der Waals surface area contributed by atoms with Crippen molar-refractivity contribution in [1.29, 1.82) is 0 Å². The van der Waals surface area contributed by atoms with E-state index in [1.165, 1.54) is 11.3 Å². The SMILES string of the molecule is CCCOC(=O)C1CSC(c2ccoc2)N1C(=O)c1cccs1. The third kappa shape index (κ3) is 3.30. The molecule has 5 nitrogen and oxygen atoms in total. The molecule has 1 aliphatic heterocycles. The number of amides is 1. The van der Waals surface area contributed by atoms with E-state index in [1.54, 1.807) is 35.3 Å². The van der Waals surface area contributed by atoms with Gasteiger partial charge in [0, 0.05) is 11.3 Å². The first kappa shape index (κ1) is 16.1. The van der Waals surface area contributed by atoms with Crippen molar-refractivity contribution in [2.24, 2.45) is 0 Å². The number of rotatable bonds is 5. The van der Waals surface area contributed by atoms with Gasteiger partial charge in [0.15, 0.2) is 0 Å². The minimum atomic E-state index is -0.568. The molecule has 3 rings (SSSR count). The maximum absolute atomic E-state index is 12.9. The van der Waals surface area contributed by atoms with Crippen LogP contribution in [0.5, 0.6) is 0 Å². The Bertz CT molecular complexity index is 654. The van der Waals surface area contributed by atoms with Crippen molar-refractivity contribution in [2.45, 2.75) is 24.8 Å². The standard InChI is InChI=1S/C16H17NO4S2/c1-2-6-21-16(19)12-10-23-15(11-5-7-20-9-11)17(12)14(18)13-4-3-8-22-13/h3-5,7-9,12,15H,2,6,10H2,1H3. The van der Waals surface area contributed by atoms with E-state index in [2.05, 4.69) is 0 Å². The second-order valence-electron chi connectivity index (χ2n) is 5.12. The van der Waals surface area contributed by atoms with E-state index in [0.717, 1.165) is 12.0 Å². The second-order valence-corrected chi connectivity index (χ2v) is 7.18. The van der Waals surface area contributed by atoms with Gasteiger partial charge in [-0.15, -0.1) is 23.1 Å². The Labute approximate surface area is 142 Å². The van der Waals surface area contributed by atoms with Gasteiger partial charge < -0.3 is 14.1 Å². The van der Waals surface area contributed by atoms with Crippen molar-refractivity contribution in [3.05, 3.63) is 46.5 Å². The number of nitrogens with zero attached hydrogens (tertiary/aromatic N) is 1. The fourth-order valence-electron chi connectivity index (χ4n) is 2.43. The van der Waals surface area contributed by atoms with Gasteiger partial charge >= 0.3 is 5.97 Å². The van der Waals surface area contributed by atoms with Crippen LogP contribution in [0.4, 0.5) is 0 Å². The minimum absolute atomic E-state index is 0.144. The molecule has 23 heavy (non-hydrogen) atoms. The van der Waals surface area contributed by atoms with Gasteiger partial charge in [-0.1, -0.05) is 13.0 Å². The second kappa shape index (κ2) is 7.23. The maximum Gasteiger partial charge on any atom is 0.329 e. The molecule has 0 aliphatic carbocycles. The Hall–Kier alpha value is -1.73. The molecule has 1 saturated heterocycles. The van der Waals surface area contributed by atoms with Gasteiger partial charge in [0.2, 0.25) is 0 Å². The molecule has 0 radical (unpaired) electrons. The van der Waals surface area contributed by atoms with Crippen LogP contribution < -0.4 is 0 Å². The third-order valence-electron chi connectivity index (χ3n) is 3.52. The van der Waals surface area contributed by atoms with E-state index in [0.29, 0.717) is 17.2 Å². The van der Waals surface area contributed by atoms with E-state index in [1.807, 2.05) is 24.4 Å². The Morgan fingerprint density at radius 2 is 2.30 bits per heavy atom. The third-order valence-corrected chi connectivity index (χ3v) is 5.70. The first-order valence-electron chi connectivity index (χ1n) is 7.39. The molecular formula is C16H17NO4S2. The molecule has 0 bridgehead atoms. The number of hydrogen-bond donors (Lipinski definition) is 0. The highest BCUT2D eigenvalue weighted by Crippen LogP contribution is 2.43. The summed E-state index contributed by atoms with van der Waals surface area (Å²) in [6.07, 6.45) is 3.95. The monoisotopic (exact) mass is 351 g/mol. The van der Waals surface area contributed by atoms with Gasteiger partial charge in [-0.3, -0.25) is 4.79 Å². The number of carbonyl (C=O) groups excluding carboxylic acids is 2. The van der Waals surface area contributed by atoms with Crippen molar-refractivity contribution < 1.29 is 18.7 Å². The van der Waals surface area contributed by atoms with Crippen LogP contribution in [-0.2, 0) is 9.53 Å². The van der Waals surface area contributed by atoms with Gasteiger partial charge in [0.25, 0.3) is 5.91 Å². The highest BCUT2D eigenvalue weighted by atomic mass is 32.2. The summed E-state index contributed by atoms with van der Waals surface area (Å²) in [7, 11) is 0. The van der Waals surface area contributed by atoms with Crippen molar-refractivity contribution >= 4 is 35.0 Å². The summed E-state index contributed by atoms with van der Waals surface area (Å²) in [6, 6.07) is 4.86. The van der Waals surface area contributed by atoms with Gasteiger partial charge in [-0.2, -0.15) is 0 Å².